The molecule has 0 spiro atoms. The summed E-state index contributed by atoms with van der Waals surface area (Å²) in [6.45, 7) is 0.996. The summed E-state index contributed by atoms with van der Waals surface area (Å²) in [5, 5.41) is 9.60. The lowest BCUT2D eigenvalue weighted by Crippen LogP contribution is -2.15. The highest BCUT2D eigenvalue weighted by molar-refractivity contribution is 6.08. The van der Waals surface area contributed by atoms with Gasteiger partial charge < -0.3 is 14.6 Å². The molecule has 4 nitrogen and oxygen atoms in total. The minimum atomic E-state index is -0.575. The van der Waals surface area contributed by atoms with Gasteiger partial charge in [-0.15, -0.1) is 0 Å². The minimum Gasteiger partial charge on any atom is -0.507 e. The van der Waals surface area contributed by atoms with E-state index < -0.39 is 11.6 Å². The number of carbonyl (C=O) groups is 1. The fourth-order valence-corrected chi connectivity index (χ4v) is 2.13. The van der Waals surface area contributed by atoms with Gasteiger partial charge in [0, 0.05) is 0 Å². The molecule has 0 aliphatic carbocycles. The van der Waals surface area contributed by atoms with Crippen LogP contribution in [-0.2, 0) is 0 Å². The van der Waals surface area contributed by atoms with Gasteiger partial charge in [-0.1, -0.05) is 12.1 Å². The molecule has 112 valence electrons. The summed E-state index contributed by atoms with van der Waals surface area (Å²) in [6.07, 6.45) is 2.85. The van der Waals surface area contributed by atoms with E-state index in [4.69, 9.17) is 9.47 Å². The number of benzene rings is 2. The van der Waals surface area contributed by atoms with E-state index in [1.165, 1.54) is 6.08 Å². The highest BCUT2D eigenvalue weighted by atomic mass is 19.1. The van der Waals surface area contributed by atoms with Crippen LogP contribution in [0.3, 0.4) is 0 Å². The third-order valence-electron chi connectivity index (χ3n) is 3.22. The van der Waals surface area contributed by atoms with Gasteiger partial charge in [0.05, 0.1) is 5.56 Å². The summed E-state index contributed by atoms with van der Waals surface area (Å²) >= 11 is 0. The van der Waals surface area contributed by atoms with Gasteiger partial charge in [0.25, 0.3) is 0 Å². The van der Waals surface area contributed by atoms with Crippen LogP contribution in [0.15, 0.2) is 42.5 Å². The van der Waals surface area contributed by atoms with Gasteiger partial charge in [0.1, 0.15) is 24.8 Å². The Morgan fingerprint density at radius 2 is 1.86 bits per heavy atom. The number of allylic oxidation sites excluding steroid dienone is 1. The zero-order chi connectivity index (χ0) is 15.5. The quantitative estimate of drug-likeness (QED) is 0.698. The molecule has 3 rings (SSSR count). The molecule has 0 saturated carbocycles. The maximum atomic E-state index is 13.1. The molecule has 0 bridgehead atoms. The predicted octanol–water partition coefficient (Wildman–Crippen LogP) is 3.20. The third kappa shape index (κ3) is 2.93. The molecule has 0 radical (unpaired) electrons. The van der Waals surface area contributed by atoms with Crippen LogP contribution >= 0.6 is 0 Å². The normalized spacial score (nSPS) is 13.3. The van der Waals surface area contributed by atoms with Crippen molar-refractivity contribution in [3.63, 3.8) is 0 Å². The van der Waals surface area contributed by atoms with Crippen molar-refractivity contribution >= 4 is 11.9 Å². The number of aromatic hydroxyl groups is 1. The van der Waals surface area contributed by atoms with E-state index in [2.05, 4.69) is 0 Å². The molecule has 0 saturated heterocycles. The summed E-state index contributed by atoms with van der Waals surface area (Å²) in [5.41, 5.74) is 0.669. The van der Waals surface area contributed by atoms with E-state index in [9.17, 15) is 14.3 Å². The largest absolute Gasteiger partial charge is 0.507 e. The smallest absolute Gasteiger partial charge is 0.189 e. The number of ether oxygens (including phenoxy) is 2. The first-order chi connectivity index (χ1) is 10.6. The molecule has 2 aromatic rings. The van der Waals surface area contributed by atoms with Gasteiger partial charge in [-0.05, 0) is 42.0 Å². The molecule has 0 atom stereocenters. The Morgan fingerprint density at radius 1 is 1.09 bits per heavy atom. The SMILES string of the molecule is O=C(/C=C\c1ccc2c(c1)OCCO2)c1cc(F)ccc1O. The first-order valence-corrected chi connectivity index (χ1v) is 6.74. The minimum absolute atomic E-state index is 0.0752. The molecule has 1 heterocycles. The maximum Gasteiger partial charge on any atom is 0.189 e. The fraction of sp³-hybridized carbons (Fsp3) is 0.118. The number of rotatable bonds is 3. The summed E-state index contributed by atoms with van der Waals surface area (Å²) in [5.74, 6) is -0.0223. The highest BCUT2D eigenvalue weighted by Crippen LogP contribution is 2.31. The van der Waals surface area contributed by atoms with Crippen LogP contribution in [0.1, 0.15) is 15.9 Å². The molecule has 1 aliphatic heterocycles. The van der Waals surface area contributed by atoms with E-state index in [-0.39, 0.29) is 11.3 Å². The van der Waals surface area contributed by atoms with Crippen molar-refractivity contribution in [1.29, 1.82) is 0 Å². The Labute approximate surface area is 126 Å². The fourth-order valence-electron chi connectivity index (χ4n) is 2.13. The molecular weight excluding hydrogens is 287 g/mol. The molecule has 1 N–H and O–H groups in total. The second-order valence-corrected chi connectivity index (χ2v) is 4.76. The number of phenols is 1. The third-order valence-corrected chi connectivity index (χ3v) is 3.22. The molecule has 0 aromatic heterocycles. The average Bonchev–Trinajstić information content (AvgIpc) is 2.54. The Hall–Kier alpha value is -2.82. The molecule has 0 amide bonds. The van der Waals surface area contributed by atoms with E-state index >= 15 is 0 Å². The molecule has 1 aliphatic rings. The van der Waals surface area contributed by atoms with E-state index in [1.54, 1.807) is 24.3 Å². The summed E-state index contributed by atoms with van der Waals surface area (Å²) in [7, 11) is 0. The molecule has 22 heavy (non-hydrogen) atoms. The first-order valence-electron chi connectivity index (χ1n) is 6.74. The number of fused-ring (bicyclic) bond motifs is 1. The van der Waals surface area contributed by atoms with Crippen LogP contribution < -0.4 is 9.47 Å². The lowest BCUT2D eigenvalue weighted by atomic mass is 10.1. The number of halogens is 1. The van der Waals surface area contributed by atoms with Gasteiger partial charge in [-0.2, -0.15) is 0 Å². The topological polar surface area (TPSA) is 55.8 Å². The zero-order valence-corrected chi connectivity index (χ0v) is 11.6. The number of phenolic OH excluding ortho intramolecular Hbond substituents is 1. The van der Waals surface area contributed by atoms with Crippen molar-refractivity contribution in [2.24, 2.45) is 0 Å². The summed E-state index contributed by atoms with van der Waals surface area (Å²) in [4.78, 5) is 12.0. The van der Waals surface area contributed by atoms with Gasteiger partial charge >= 0.3 is 0 Å². The van der Waals surface area contributed by atoms with E-state index in [0.29, 0.717) is 24.7 Å². The number of hydrogen-bond donors (Lipinski definition) is 1. The molecule has 0 unspecified atom stereocenters. The Morgan fingerprint density at radius 3 is 2.68 bits per heavy atom. The first kappa shape index (κ1) is 14.1. The average molecular weight is 300 g/mol. The van der Waals surface area contributed by atoms with Crippen LogP contribution in [-0.4, -0.2) is 24.1 Å². The molecule has 0 fully saturated rings. The lowest BCUT2D eigenvalue weighted by Gasteiger charge is -2.18. The maximum absolute atomic E-state index is 13.1. The second kappa shape index (κ2) is 5.89. The lowest BCUT2D eigenvalue weighted by molar-refractivity contribution is 0.104. The number of hydrogen-bond acceptors (Lipinski definition) is 4. The van der Waals surface area contributed by atoms with Crippen molar-refractivity contribution in [2.75, 3.05) is 13.2 Å². The van der Waals surface area contributed by atoms with Gasteiger partial charge in [-0.3, -0.25) is 4.79 Å². The van der Waals surface area contributed by atoms with Gasteiger partial charge in [0.2, 0.25) is 0 Å². The Bertz CT molecular complexity index is 752. The van der Waals surface area contributed by atoms with Crippen LogP contribution in [0.2, 0.25) is 0 Å². The summed E-state index contributed by atoms with van der Waals surface area (Å²) in [6, 6.07) is 8.55. The van der Waals surface area contributed by atoms with Crippen molar-refractivity contribution in [3.8, 4) is 17.2 Å². The van der Waals surface area contributed by atoms with Crippen LogP contribution in [0.4, 0.5) is 4.39 Å². The van der Waals surface area contributed by atoms with E-state index in [1.807, 2.05) is 0 Å². The standard InChI is InChI=1S/C17H13FO4/c18-12-3-5-15(20)13(10-12)14(19)4-1-11-2-6-16-17(9-11)22-8-7-21-16/h1-6,9-10,20H,7-8H2/b4-1-. The number of carbonyl (C=O) groups excluding carboxylic acids is 1. The highest BCUT2D eigenvalue weighted by Gasteiger charge is 2.12. The Balaban J connectivity index is 1.81. The van der Waals surface area contributed by atoms with Crippen molar-refractivity contribution in [3.05, 3.63) is 59.4 Å². The monoisotopic (exact) mass is 300 g/mol. The van der Waals surface area contributed by atoms with Crippen molar-refractivity contribution < 1.29 is 23.8 Å². The van der Waals surface area contributed by atoms with Crippen LogP contribution in [0.5, 0.6) is 17.2 Å². The van der Waals surface area contributed by atoms with Gasteiger partial charge in [0.15, 0.2) is 17.3 Å². The van der Waals surface area contributed by atoms with E-state index in [0.717, 1.165) is 23.8 Å². The molecule has 2 aromatic carbocycles. The van der Waals surface area contributed by atoms with Crippen LogP contribution in [0, 0.1) is 5.82 Å². The summed E-state index contributed by atoms with van der Waals surface area (Å²) < 4.78 is 24.0. The predicted molar refractivity (Wildman–Crippen MR) is 78.9 cm³/mol. The van der Waals surface area contributed by atoms with Crippen molar-refractivity contribution in [1.82, 2.24) is 0 Å². The number of ketones is 1. The zero-order valence-electron chi connectivity index (χ0n) is 11.6. The van der Waals surface area contributed by atoms with Crippen LogP contribution in [0.25, 0.3) is 6.08 Å². The van der Waals surface area contributed by atoms with Crippen molar-refractivity contribution in [2.45, 2.75) is 0 Å². The van der Waals surface area contributed by atoms with Gasteiger partial charge in [-0.25, -0.2) is 4.39 Å². The molecular formula is C17H13FO4. The molecule has 5 heteroatoms. The second-order valence-electron chi connectivity index (χ2n) is 4.76. The Kier molecular flexibility index (Phi) is 3.78.